The summed E-state index contributed by atoms with van der Waals surface area (Å²) >= 11 is -1.38. The van der Waals surface area contributed by atoms with Gasteiger partial charge in [0.25, 0.3) is 0 Å². The summed E-state index contributed by atoms with van der Waals surface area (Å²) in [5, 5.41) is 9.56. The van der Waals surface area contributed by atoms with Gasteiger partial charge in [0, 0.05) is 18.8 Å². The zero-order chi connectivity index (χ0) is 28.1. The zero-order valence-electron chi connectivity index (χ0n) is 24.5. The normalized spacial score (nSPS) is 23.2. The van der Waals surface area contributed by atoms with Gasteiger partial charge in [-0.1, -0.05) is 81.4 Å². The topological polar surface area (TPSA) is 46.7 Å². The number of hydrogen-bond acceptors (Lipinski definition) is 2. The minimum atomic E-state index is -1.49. The molecule has 0 aliphatic heterocycles. The first-order valence-corrected chi connectivity index (χ1v) is 25.5. The second-order valence-corrected chi connectivity index (χ2v) is 21.5. The standard InChI is InChI=1S/C15H32NSi.C10H13NO.CH3.4ClH.Ti.Zr/c1-10-11(2)13(4)14(12(10)3)17(8,9)16-15(5,6)7;1-7-4-8(2)10(12)9(5-7)6-11-3;;;;;;;/h10-14H,1-9H3;4-6,12H,1-3H3;1H3;4*1H;;/q-1;;-1;;;;;2*+2/p-4. The van der Waals surface area contributed by atoms with Crippen molar-refractivity contribution < 1.29 is 43.0 Å². The molecular formula is C26H48Cl4N2OSiTiZr-2. The van der Waals surface area contributed by atoms with E-state index in [2.05, 4.69) is 66.6 Å². The molecule has 0 amide bonds. The number of nitrogens with zero attached hydrogens (tertiary/aromatic N) is 2. The molecule has 0 radical (unpaired) electrons. The van der Waals surface area contributed by atoms with E-state index >= 15 is 0 Å². The summed E-state index contributed by atoms with van der Waals surface area (Å²) in [6, 6.07) is 3.86. The number of phenolic OH excluding ortho intramolecular Hbond substituents is 1. The van der Waals surface area contributed by atoms with Crippen LogP contribution in [0.4, 0.5) is 0 Å². The van der Waals surface area contributed by atoms with Gasteiger partial charge >= 0.3 is 73.5 Å². The molecule has 0 heterocycles. The fraction of sp³-hybridized carbons (Fsp3) is 0.692. The molecule has 0 spiro atoms. The average Bonchev–Trinajstić information content (AvgIpc) is 2.89. The Kier molecular flexibility index (Phi) is 24.0. The molecule has 1 fully saturated rings. The van der Waals surface area contributed by atoms with E-state index in [1.54, 1.807) is 13.3 Å². The van der Waals surface area contributed by atoms with Crippen molar-refractivity contribution in [3.8, 4) is 5.75 Å². The Balaban J connectivity index is -0.000000500. The molecule has 1 aliphatic carbocycles. The monoisotopic (exact) mass is 710 g/mol. The number of aryl methyl sites for hydroxylation is 2. The van der Waals surface area contributed by atoms with Crippen LogP contribution in [0.3, 0.4) is 0 Å². The Labute approximate surface area is 259 Å². The molecule has 1 aromatic carbocycles. The van der Waals surface area contributed by atoms with E-state index in [0.29, 0.717) is 5.75 Å². The number of aromatic hydroxyl groups is 1. The SMILES string of the molecule is CC1C(C)C(C)C([Si](C)(C)[N-]C(C)(C)C)C1C.CN=Cc1cc(C)cc(C)c1O.[CH3-].[Cl][Ti][Cl].[Cl][Zr][Cl]. The first kappa shape index (κ1) is 42.1. The number of halogens is 4. The van der Waals surface area contributed by atoms with Crippen molar-refractivity contribution >= 4 is 50.1 Å². The predicted molar refractivity (Wildman–Crippen MR) is 162 cm³/mol. The summed E-state index contributed by atoms with van der Waals surface area (Å²) in [6.07, 6.45) is 1.66. The van der Waals surface area contributed by atoms with Gasteiger partial charge < -0.3 is 17.5 Å². The van der Waals surface area contributed by atoms with E-state index in [4.69, 9.17) is 40.6 Å². The fourth-order valence-corrected chi connectivity index (χ4v) is 10.6. The van der Waals surface area contributed by atoms with Crippen molar-refractivity contribution in [2.75, 3.05) is 7.05 Å². The molecule has 4 unspecified atom stereocenters. The molecule has 10 heteroatoms. The summed E-state index contributed by atoms with van der Waals surface area (Å²) in [7, 11) is 19.8. The van der Waals surface area contributed by atoms with Gasteiger partial charge in [0.1, 0.15) is 5.75 Å². The summed E-state index contributed by atoms with van der Waals surface area (Å²) in [6.45, 7) is 25.4. The average molecular weight is 714 g/mol. The van der Waals surface area contributed by atoms with Gasteiger partial charge in [-0.3, -0.25) is 4.99 Å². The van der Waals surface area contributed by atoms with E-state index in [1.165, 1.54) is 0 Å². The summed E-state index contributed by atoms with van der Waals surface area (Å²) in [5.41, 5.74) is 3.80. The molecule has 4 atom stereocenters. The maximum absolute atomic E-state index is 9.56. The van der Waals surface area contributed by atoms with Crippen LogP contribution in [0.2, 0.25) is 18.6 Å². The molecule has 0 aromatic heterocycles. The third-order valence-corrected chi connectivity index (χ3v) is 10.7. The van der Waals surface area contributed by atoms with Crippen LogP contribution in [0.15, 0.2) is 17.1 Å². The second kappa shape index (κ2) is 20.5. The third kappa shape index (κ3) is 15.4. The van der Waals surface area contributed by atoms with Gasteiger partial charge in [-0.05, 0) is 54.7 Å². The van der Waals surface area contributed by atoms with Crippen molar-refractivity contribution in [3.63, 3.8) is 0 Å². The van der Waals surface area contributed by atoms with Crippen molar-refractivity contribution in [2.45, 2.75) is 86.5 Å². The number of rotatable bonds is 3. The zero-order valence-corrected chi connectivity index (χ0v) is 32.5. The van der Waals surface area contributed by atoms with Crippen molar-refractivity contribution in [1.82, 2.24) is 0 Å². The second-order valence-electron chi connectivity index (χ2n) is 10.9. The molecule has 210 valence electrons. The molecule has 0 saturated heterocycles. The van der Waals surface area contributed by atoms with Crippen LogP contribution in [0.25, 0.3) is 4.98 Å². The first-order chi connectivity index (χ1) is 15.9. The number of benzene rings is 1. The maximum atomic E-state index is 9.56. The fourth-order valence-electron chi connectivity index (χ4n) is 5.55. The Hall–Kier alpha value is 1.62. The Morgan fingerprint density at radius 3 is 1.72 bits per heavy atom. The van der Waals surface area contributed by atoms with Crippen LogP contribution in [-0.4, -0.2) is 32.1 Å². The molecule has 1 N–H and O–H groups in total. The Morgan fingerprint density at radius 1 is 1.00 bits per heavy atom. The minimum absolute atomic E-state index is 0. The van der Waals surface area contributed by atoms with Gasteiger partial charge in [0.15, 0.2) is 0 Å². The van der Waals surface area contributed by atoms with Crippen molar-refractivity contribution in [3.05, 3.63) is 41.2 Å². The molecular weight excluding hydrogens is 665 g/mol. The third-order valence-electron chi connectivity index (χ3n) is 6.80. The van der Waals surface area contributed by atoms with Gasteiger partial charge in [-0.2, -0.15) is 0 Å². The van der Waals surface area contributed by atoms with E-state index in [0.717, 1.165) is 45.9 Å². The summed E-state index contributed by atoms with van der Waals surface area (Å²) < 4.78 is 0. The first-order valence-electron chi connectivity index (χ1n) is 11.8. The molecule has 1 aliphatic rings. The van der Waals surface area contributed by atoms with Crippen LogP contribution < -0.4 is 0 Å². The molecule has 3 nitrogen and oxygen atoms in total. The van der Waals surface area contributed by atoms with Crippen molar-refractivity contribution in [2.24, 2.45) is 28.7 Å². The number of aliphatic imine (C=N–C) groups is 1. The van der Waals surface area contributed by atoms with E-state index in [9.17, 15) is 5.11 Å². The van der Waals surface area contributed by atoms with E-state index in [1.807, 2.05) is 26.0 Å². The molecule has 1 saturated carbocycles. The van der Waals surface area contributed by atoms with Gasteiger partial charge in [0.2, 0.25) is 0 Å². The quantitative estimate of drug-likeness (QED) is 0.189. The van der Waals surface area contributed by atoms with Gasteiger partial charge in [-0.15, -0.1) is 5.54 Å². The predicted octanol–water partition coefficient (Wildman–Crippen LogP) is 10.6. The Morgan fingerprint density at radius 2 is 1.39 bits per heavy atom. The van der Waals surface area contributed by atoms with E-state index in [-0.39, 0.29) is 13.0 Å². The molecule has 36 heavy (non-hydrogen) atoms. The summed E-state index contributed by atoms with van der Waals surface area (Å²) in [4.78, 5) is 9.10. The molecule has 1 aromatic rings. The van der Waals surface area contributed by atoms with Crippen LogP contribution in [0, 0.1) is 44.9 Å². The van der Waals surface area contributed by atoms with Crippen LogP contribution >= 0.6 is 35.6 Å². The van der Waals surface area contributed by atoms with Gasteiger partial charge in [-0.25, -0.2) is 0 Å². The van der Waals surface area contributed by atoms with E-state index < -0.39 is 46.1 Å². The number of hydrogen-bond donors (Lipinski definition) is 1. The van der Waals surface area contributed by atoms with Crippen LogP contribution in [0.1, 0.15) is 65.2 Å². The van der Waals surface area contributed by atoms with Crippen LogP contribution in [0.5, 0.6) is 5.75 Å². The van der Waals surface area contributed by atoms with Crippen molar-refractivity contribution in [1.29, 1.82) is 0 Å². The van der Waals surface area contributed by atoms with Gasteiger partial charge in [0.05, 0.1) is 0 Å². The van der Waals surface area contributed by atoms with Crippen LogP contribution in [-0.2, 0) is 37.9 Å². The molecule has 0 bridgehead atoms. The Bertz CT molecular complexity index is 750. The summed E-state index contributed by atoms with van der Waals surface area (Å²) in [5.74, 6) is 3.72. The number of phenols is 1. The molecule has 2 rings (SSSR count).